The Hall–Kier alpha value is -2.40. The van der Waals surface area contributed by atoms with Gasteiger partial charge in [-0.3, -0.25) is 4.79 Å². The molecule has 3 rings (SSSR count). The lowest BCUT2D eigenvalue weighted by Gasteiger charge is -2.17. The molecule has 1 amide bonds. The van der Waals surface area contributed by atoms with Gasteiger partial charge in [-0.15, -0.1) is 0 Å². The van der Waals surface area contributed by atoms with Gasteiger partial charge in [-0.05, 0) is 42.3 Å². The normalized spacial score (nSPS) is 17.1. The lowest BCUT2D eigenvalue weighted by molar-refractivity contribution is -0.128. The monoisotopic (exact) mass is 342 g/mol. The van der Waals surface area contributed by atoms with E-state index in [1.54, 1.807) is 12.1 Å². The zero-order valence-electron chi connectivity index (χ0n) is 14.4. The minimum absolute atomic E-state index is 0.128. The van der Waals surface area contributed by atoms with Crippen molar-refractivity contribution in [1.29, 1.82) is 0 Å². The Labute approximate surface area is 147 Å². The number of carbonyl (C=O) groups excluding carboxylic acids is 1. The summed E-state index contributed by atoms with van der Waals surface area (Å²) in [5, 5.41) is 3.44. The molecule has 1 saturated heterocycles. The first-order chi connectivity index (χ1) is 12.1. The molecule has 0 radical (unpaired) electrons. The summed E-state index contributed by atoms with van der Waals surface area (Å²) in [6.07, 6.45) is 0.492. The third-order valence-corrected chi connectivity index (χ3v) is 4.31. The molecular formula is C20H23FN2O2. The zero-order valence-corrected chi connectivity index (χ0v) is 14.4. The number of amides is 1. The molecule has 0 saturated carbocycles. The van der Waals surface area contributed by atoms with E-state index in [-0.39, 0.29) is 17.8 Å². The van der Waals surface area contributed by atoms with Gasteiger partial charge in [0.15, 0.2) is 0 Å². The zero-order chi connectivity index (χ0) is 17.6. The smallest absolute Gasteiger partial charge is 0.224 e. The maximum Gasteiger partial charge on any atom is 0.224 e. The number of rotatable bonds is 7. The molecule has 1 aliphatic heterocycles. The Morgan fingerprint density at radius 1 is 1.20 bits per heavy atom. The largest absolute Gasteiger partial charge is 0.494 e. The molecule has 1 aliphatic rings. The Balaban J connectivity index is 1.52. The van der Waals surface area contributed by atoms with Gasteiger partial charge in [0.2, 0.25) is 5.91 Å². The van der Waals surface area contributed by atoms with Crippen molar-refractivity contribution in [2.75, 3.05) is 13.2 Å². The van der Waals surface area contributed by atoms with Gasteiger partial charge in [0.05, 0.1) is 6.61 Å². The first kappa shape index (κ1) is 17.4. The van der Waals surface area contributed by atoms with E-state index in [1.165, 1.54) is 12.1 Å². The number of hydrogen-bond donors (Lipinski definition) is 1. The van der Waals surface area contributed by atoms with Crippen LogP contribution in [-0.4, -0.2) is 30.0 Å². The van der Waals surface area contributed by atoms with Crippen LogP contribution in [-0.2, 0) is 17.9 Å². The first-order valence-corrected chi connectivity index (χ1v) is 8.61. The SMILES string of the molecule is CCOc1cccc(CNC2CC(=O)N(Cc3ccc(F)cc3)C2)c1. The van der Waals surface area contributed by atoms with Crippen LogP contribution in [0.15, 0.2) is 48.5 Å². The number of nitrogens with zero attached hydrogens (tertiary/aromatic N) is 1. The van der Waals surface area contributed by atoms with Gasteiger partial charge in [0.25, 0.3) is 0 Å². The lowest BCUT2D eigenvalue weighted by atomic mass is 10.2. The van der Waals surface area contributed by atoms with E-state index in [9.17, 15) is 9.18 Å². The minimum Gasteiger partial charge on any atom is -0.494 e. The fourth-order valence-corrected chi connectivity index (χ4v) is 3.05. The summed E-state index contributed by atoms with van der Waals surface area (Å²) in [7, 11) is 0. The van der Waals surface area contributed by atoms with E-state index in [0.717, 1.165) is 16.9 Å². The van der Waals surface area contributed by atoms with Crippen molar-refractivity contribution in [3.8, 4) is 5.75 Å². The Kier molecular flexibility index (Phi) is 5.66. The van der Waals surface area contributed by atoms with Crippen molar-refractivity contribution < 1.29 is 13.9 Å². The van der Waals surface area contributed by atoms with Crippen LogP contribution >= 0.6 is 0 Å². The van der Waals surface area contributed by atoms with Gasteiger partial charge in [0.1, 0.15) is 11.6 Å². The van der Waals surface area contributed by atoms with Crippen LogP contribution < -0.4 is 10.1 Å². The molecule has 2 aromatic carbocycles. The highest BCUT2D eigenvalue weighted by Gasteiger charge is 2.29. The molecule has 0 spiro atoms. The molecule has 0 aromatic heterocycles. The van der Waals surface area contributed by atoms with Crippen LogP contribution in [0.1, 0.15) is 24.5 Å². The Morgan fingerprint density at radius 2 is 2.00 bits per heavy atom. The number of hydrogen-bond acceptors (Lipinski definition) is 3. The number of ether oxygens (including phenoxy) is 1. The van der Waals surface area contributed by atoms with Gasteiger partial charge in [-0.1, -0.05) is 24.3 Å². The van der Waals surface area contributed by atoms with E-state index < -0.39 is 0 Å². The summed E-state index contributed by atoms with van der Waals surface area (Å²) in [5.41, 5.74) is 2.08. The summed E-state index contributed by atoms with van der Waals surface area (Å²) in [4.78, 5) is 14.0. The van der Waals surface area contributed by atoms with Crippen molar-refractivity contribution in [2.45, 2.75) is 32.5 Å². The standard InChI is InChI=1S/C20H23FN2O2/c1-2-25-19-5-3-4-16(10-19)12-22-18-11-20(24)23(14-18)13-15-6-8-17(21)9-7-15/h3-10,18,22H,2,11-14H2,1H3. The van der Waals surface area contributed by atoms with Gasteiger partial charge >= 0.3 is 0 Å². The fourth-order valence-electron chi connectivity index (χ4n) is 3.05. The van der Waals surface area contributed by atoms with Crippen LogP contribution in [0.2, 0.25) is 0 Å². The average Bonchev–Trinajstić information content (AvgIpc) is 2.96. The Bertz CT molecular complexity index is 718. The molecular weight excluding hydrogens is 319 g/mol. The van der Waals surface area contributed by atoms with Gasteiger partial charge in [-0.25, -0.2) is 4.39 Å². The molecule has 1 N–H and O–H groups in total. The van der Waals surface area contributed by atoms with Crippen molar-refractivity contribution in [1.82, 2.24) is 10.2 Å². The second kappa shape index (κ2) is 8.12. The molecule has 4 nitrogen and oxygen atoms in total. The number of nitrogens with one attached hydrogen (secondary N) is 1. The van der Waals surface area contributed by atoms with Crippen LogP contribution in [0.5, 0.6) is 5.75 Å². The molecule has 1 heterocycles. The predicted octanol–water partition coefficient (Wildman–Crippen LogP) is 3.12. The summed E-state index contributed by atoms with van der Waals surface area (Å²) in [5.74, 6) is 0.734. The molecule has 5 heteroatoms. The highest BCUT2D eigenvalue weighted by atomic mass is 19.1. The van der Waals surface area contributed by atoms with Gasteiger partial charge < -0.3 is 15.0 Å². The molecule has 1 unspecified atom stereocenters. The summed E-state index contributed by atoms with van der Waals surface area (Å²) >= 11 is 0. The van der Waals surface area contributed by atoms with Crippen LogP contribution in [0, 0.1) is 5.82 Å². The highest BCUT2D eigenvalue weighted by Crippen LogP contribution is 2.17. The summed E-state index contributed by atoms with van der Waals surface area (Å²) in [6, 6.07) is 14.4. The van der Waals surface area contributed by atoms with Crippen molar-refractivity contribution >= 4 is 5.91 Å². The van der Waals surface area contributed by atoms with Crippen molar-refractivity contribution in [2.24, 2.45) is 0 Å². The second-order valence-corrected chi connectivity index (χ2v) is 6.26. The fraction of sp³-hybridized carbons (Fsp3) is 0.350. The maximum absolute atomic E-state index is 13.0. The molecule has 25 heavy (non-hydrogen) atoms. The van der Waals surface area contributed by atoms with Crippen molar-refractivity contribution in [3.63, 3.8) is 0 Å². The van der Waals surface area contributed by atoms with E-state index >= 15 is 0 Å². The molecule has 2 aromatic rings. The maximum atomic E-state index is 13.0. The van der Waals surface area contributed by atoms with Crippen LogP contribution in [0.3, 0.4) is 0 Å². The molecule has 0 aliphatic carbocycles. The van der Waals surface area contributed by atoms with E-state index in [2.05, 4.69) is 5.32 Å². The molecule has 132 valence electrons. The van der Waals surface area contributed by atoms with E-state index in [0.29, 0.717) is 32.7 Å². The summed E-state index contributed by atoms with van der Waals surface area (Å²) < 4.78 is 18.5. The lowest BCUT2D eigenvalue weighted by Crippen LogP contribution is -2.32. The summed E-state index contributed by atoms with van der Waals surface area (Å²) in [6.45, 7) is 4.50. The van der Waals surface area contributed by atoms with E-state index in [1.807, 2.05) is 36.1 Å². The molecule has 1 fully saturated rings. The number of halogens is 1. The predicted molar refractivity (Wildman–Crippen MR) is 94.7 cm³/mol. The highest BCUT2D eigenvalue weighted by molar-refractivity contribution is 5.79. The molecule has 1 atom stereocenters. The number of benzene rings is 2. The Morgan fingerprint density at radius 3 is 2.76 bits per heavy atom. The third-order valence-electron chi connectivity index (χ3n) is 4.31. The van der Waals surface area contributed by atoms with Gasteiger partial charge in [-0.2, -0.15) is 0 Å². The topological polar surface area (TPSA) is 41.6 Å². The van der Waals surface area contributed by atoms with Gasteiger partial charge in [0, 0.05) is 32.1 Å². The van der Waals surface area contributed by atoms with Crippen LogP contribution in [0.25, 0.3) is 0 Å². The third kappa shape index (κ3) is 4.79. The van der Waals surface area contributed by atoms with Crippen molar-refractivity contribution in [3.05, 3.63) is 65.5 Å². The second-order valence-electron chi connectivity index (χ2n) is 6.26. The van der Waals surface area contributed by atoms with Crippen LogP contribution in [0.4, 0.5) is 4.39 Å². The number of carbonyl (C=O) groups is 1. The van der Waals surface area contributed by atoms with E-state index in [4.69, 9.17) is 4.74 Å². The molecule has 0 bridgehead atoms. The average molecular weight is 342 g/mol. The number of likely N-dealkylation sites (tertiary alicyclic amines) is 1. The minimum atomic E-state index is -0.259. The quantitative estimate of drug-likeness (QED) is 0.841. The first-order valence-electron chi connectivity index (χ1n) is 8.61.